The van der Waals surface area contributed by atoms with Gasteiger partial charge >= 0.3 is 5.97 Å². The molecule has 0 radical (unpaired) electrons. The second-order valence-electron chi connectivity index (χ2n) is 8.95. The molecule has 3 rings (SSSR count). The molecule has 0 aromatic heterocycles. The summed E-state index contributed by atoms with van der Waals surface area (Å²) in [4.78, 5) is 22.2. The molecule has 1 aromatic carbocycles. The highest BCUT2D eigenvalue weighted by Crippen LogP contribution is 2.38. The molecule has 3 unspecified atom stereocenters. The quantitative estimate of drug-likeness (QED) is 0.264. The third kappa shape index (κ3) is 9.83. The summed E-state index contributed by atoms with van der Waals surface area (Å²) < 4.78 is 4.47. The first-order valence-corrected chi connectivity index (χ1v) is 13.0. The molecule has 0 saturated heterocycles. The number of benzene rings is 1. The maximum Gasteiger partial charge on any atom is 0.305 e. The second kappa shape index (κ2) is 16.6. The minimum absolute atomic E-state index is 0.121. The summed E-state index contributed by atoms with van der Waals surface area (Å²) in [6, 6.07) is 8.40. The SMILES string of the molecule is C/C=C\CCCC(=O)OC.CC.CC1C(=O)CCC1c1ccc(C(O)C2CCCCC2)cc1. The Balaban J connectivity index is 0.000000386. The van der Waals surface area contributed by atoms with E-state index in [0.29, 0.717) is 24.0 Å². The molecule has 2 fully saturated rings. The third-order valence-electron chi connectivity index (χ3n) is 6.83. The van der Waals surface area contributed by atoms with Crippen LogP contribution in [0.4, 0.5) is 0 Å². The highest BCUT2D eigenvalue weighted by molar-refractivity contribution is 5.84. The van der Waals surface area contributed by atoms with Gasteiger partial charge in [0.25, 0.3) is 0 Å². The number of carbonyl (C=O) groups excluding carboxylic acids is 2. The van der Waals surface area contributed by atoms with Crippen molar-refractivity contribution in [3.63, 3.8) is 0 Å². The summed E-state index contributed by atoms with van der Waals surface area (Å²) >= 11 is 0. The largest absolute Gasteiger partial charge is 0.469 e. The smallest absolute Gasteiger partial charge is 0.305 e. The number of methoxy groups -OCH3 is 1. The highest BCUT2D eigenvalue weighted by atomic mass is 16.5. The van der Waals surface area contributed by atoms with Gasteiger partial charge in [-0.1, -0.05) is 76.5 Å². The summed E-state index contributed by atoms with van der Waals surface area (Å²) in [6.45, 7) is 8.02. The van der Waals surface area contributed by atoms with E-state index in [4.69, 9.17) is 0 Å². The normalized spacial score (nSPS) is 21.6. The van der Waals surface area contributed by atoms with Crippen molar-refractivity contribution in [1.29, 1.82) is 0 Å². The predicted molar refractivity (Wildman–Crippen MR) is 136 cm³/mol. The molecule has 1 N–H and O–H groups in total. The van der Waals surface area contributed by atoms with Crippen LogP contribution in [0.2, 0.25) is 0 Å². The first-order chi connectivity index (χ1) is 16.0. The van der Waals surface area contributed by atoms with Crippen LogP contribution in [0, 0.1) is 11.8 Å². The van der Waals surface area contributed by atoms with Crippen LogP contribution in [0.15, 0.2) is 36.4 Å². The van der Waals surface area contributed by atoms with E-state index < -0.39 is 0 Å². The van der Waals surface area contributed by atoms with Crippen LogP contribution >= 0.6 is 0 Å². The molecule has 0 bridgehead atoms. The number of allylic oxidation sites excluding steroid dienone is 2. The average Bonchev–Trinajstić information content (AvgIpc) is 3.21. The molecule has 1 aromatic rings. The van der Waals surface area contributed by atoms with Gasteiger partial charge in [-0.25, -0.2) is 0 Å². The number of aliphatic hydroxyl groups is 1. The monoisotopic (exact) mass is 458 g/mol. The van der Waals surface area contributed by atoms with Gasteiger partial charge in [0, 0.05) is 18.8 Å². The van der Waals surface area contributed by atoms with Crippen LogP contribution < -0.4 is 0 Å². The van der Waals surface area contributed by atoms with Crippen LogP contribution in [0.25, 0.3) is 0 Å². The Hall–Kier alpha value is -1.94. The molecule has 186 valence electrons. The van der Waals surface area contributed by atoms with E-state index in [1.54, 1.807) is 0 Å². The molecule has 4 heteroatoms. The minimum Gasteiger partial charge on any atom is -0.469 e. The molecule has 3 atom stereocenters. The van der Waals surface area contributed by atoms with Crippen LogP contribution in [0.1, 0.15) is 115 Å². The number of hydrogen-bond donors (Lipinski definition) is 1. The molecular formula is C29H46O4. The first kappa shape index (κ1) is 29.1. The van der Waals surface area contributed by atoms with E-state index in [0.717, 1.165) is 44.1 Å². The van der Waals surface area contributed by atoms with E-state index in [1.807, 2.05) is 39.8 Å². The van der Waals surface area contributed by atoms with E-state index >= 15 is 0 Å². The number of Topliss-reactive ketones (excluding diaryl/α,β-unsaturated/α-hetero) is 1. The van der Waals surface area contributed by atoms with Crippen molar-refractivity contribution in [3.05, 3.63) is 47.5 Å². The first-order valence-electron chi connectivity index (χ1n) is 13.0. The Bertz CT molecular complexity index is 701. The zero-order chi connectivity index (χ0) is 24.6. The summed E-state index contributed by atoms with van der Waals surface area (Å²) in [6.07, 6.45) is 13.9. The van der Waals surface area contributed by atoms with Crippen molar-refractivity contribution in [2.75, 3.05) is 7.11 Å². The molecule has 33 heavy (non-hydrogen) atoms. The van der Waals surface area contributed by atoms with Crippen molar-refractivity contribution >= 4 is 11.8 Å². The van der Waals surface area contributed by atoms with Crippen molar-refractivity contribution < 1.29 is 19.4 Å². The summed E-state index contributed by atoms with van der Waals surface area (Å²) in [7, 11) is 1.41. The van der Waals surface area contributed by atoms with Crippen molar-refractivity contribution in [2.45, 2.75) is 104 Å². The Morgan fingerprint density at radius 1 is 1.12 bits per heavy atom. The predicted octanol–water partition coefficient (Wildman–Crippen LogP) is 7.31. The van der Waals surface area contributed by atoms with Crippen LogP contribution in [-0.4, -0.2) is 24.0 Å². The second-order valence-corrected chi connectivity index (χ2v) is 8.95. The van der Waals surface area contributed by atoms with E-state index in [2.05, 4.69) is 29.0 Å². The van der Waals surface area contributed by atoms with Crippen molar-refractivity contribution in [2.24, 2.45) is 11.8 Å². The lowest BCUT2D eigenvalue weighted by Gasteiger charge is -2.27. The molecule has 0 spiro atoms. The van der Waals surface area contributed by atoms with Gasteiger partial charge in [-0.2, -0.15) is 0 Å². The molecule has 0 heterocycles. The van der Waals surface area contributed by atoms with E-state index in [-0.39, 0.29) is 18.0 Å². The van der Waals surface area contributed by atoms with Gasteiger partial charge < -0.3 is 9.84 Å². The van der Waals surface area contributed by atoms with Crippen LogP contribution in [-0.2, 0) is 14.3 Å². The number of ketones is 1. The Morgan fingerprint density at radius 3 is 2.27 bits per heavy atom. The van der Waals surface area contributed by atoms with Crippen molar-refractivity contribution in [3.8, 4) is 0 Å². The van der Waals surface area contributed by atoms with Crippen LogP contribution in [0.5, 0.6) is 0 Å². The molecule has 2 aliphatic carbocycles. The number of rotatable bonds is 7. The number of hydrogen-bond acceptors (Lipinski definition) is 4. The number of carbonyl (C=O) groups is 2. The molecular weight excluding hydrogens is 412 g/mol. The lowest BCUT2D eigenvalue weighted by molar-refractivity contribution is -0.140. The van der Waals surface area contributed by atoms with Gasteiger partial charge in [0.2, 0.25) is 0 Å². The number of ether oxygens (including phenoxy) is 1. The lowest BCUT2D eigenvalue weighted by atomic mass is 9.82. The van der Waals surface area contributed by atoms with E-state index in [9.17, 15) is 14.7 Å². The summed E-state index contributed by atoms with van der Waals surface area (Å²) in [5.41, 5.74) is 2.30. The van der Waals surface area contributed by atoms with Gasteiger partial charge in [-0.05, 0) is 62.0 Å². The fourth-order valence-electron chi connectivity index (χ4n) is 4.75. The minimum atomic E-state index is -0.318. The standard InChI is InChI=1S/C19H26O2.C8H14O2.C2H6/c1-13-17(11-12-18(13)20)14-7-9-16(10-8-14)19(21)15-5-3-2-4-6-15;1-3-4-5-6-7-8(9)10-2;1-2/h7-10,13,15,17,19,21H,2-6,11-12H2,1H3;3-4H,5-7H2,1-2H3;1-2H3/b;4-3-;. The van der Waals surface area contributed by atoms with Crippen LogP contribution in [0.3, 0.4) is 0 Å². The molecule has 2 saturated carbocycles. The topological polar surface area (TPSA) is 63.6 Å². The van der Waals surface area contributed by atoms with Gasteiger partial charge in [-0.15, -0.1) is 0 Å². The lowest BCUT2D eigenvalue weighted by Crippen LogP contribution is -2.16. The van der Waals surface area contributed by atoms with Gasteiger partial charge in [0.15, 0.2) is 0 Å². The van der Waals surface area contributed by atoms with Gasteiger partial charge in [0.1, 0.15) is 5.78 Å². The van der Waals surface area contributed by atoms with Gasteiger partial charge in [-0.3, -0.25) is 9.59 Å². The molecule has 2 aliphatic rings. The summed E-state index contributed by atoms with van der Waals surface area (Å²) in [5.74, 6) is 1.23. The van der Waals surface area contributed by atoms with E-state index in [1.165, 1.54) is 31.9 Å². The van der Waals surface area contributed by atoms with Gasteiger partial charge in [0.05, 0.1) is 13.2 Å². The Kier molecular flexibility index (Phi) is 14.7. The molecule has 0 amide bonds. The maximum atomic E-state index is 11.7. The molecule has 4 nitrogen and oxygen atoms in total. The number of aliphatic hydroxyl groups excluding tert-OH is 1. The Morgan fingerprint density at radius 2 is 1.76 bits per heavy atom. The zero-order valence-corrected chi connectivity index (χ0v) is 21.5. The average molecular weight is 459 g/mol. The number of esters is 1. The summed E-state index contributed by atoms with van der Waals surface area (Å²) in [5, 5.41) is 10.5. The van der Waals surface area contributed by atoms with Crippen molar-refractivity contribution in [1.82, 2.24) is 0 Å². The number of unbranched alkanes of at least 4 members (excludes halogenated alkanes) is 1. The Labute approximate surface area is 201 Å². The fourth-order valence-corrected chi connectivity index (χ4v) is 4.75. The fraction of sp³-hybridized carbons (Fsp3) is 0.655. The zero-order valence-electron chi connectivity index (χ0n) is 21.5. The maximum absolute atomic E-state index is 11.7. The third-order valence-corrected chi connectivity index (χ3v) is 6.83. The highest BCUT2D eigenvalue weighted by Gasteiger charge is 2.32. The molecule has 0 aliphatic heterocycles.